The van der Waals surface area contributed by atoms with Crippen molar-refractivity contribution in [1.29, 1.82) is 0 Å². The Morgan fingerprint density at radius 2 is 1.51 bits per heavy atom. The summed E-state index contributed by atoms with van der Waals surface area (Å²) in [7, 11) is 0. The lowest BCUT2D eigenvalue weighted by Gasteiger charge is -2.28. The van der Waals surface area contributed by atoms with E-state index in [0.717, 1.165) is 48.6 Å². The van der Waals surface area contributed by atoms with Crippen molar-refractivity contribution >= 4 is 28.2 Å². The van der Waals surface area contributed by atoms with Crippen LogP contribution in [-0.4, -0.2) is 36.7 Å². The Morgan fingerprint density at radius 1 is 0.811 bits per heavy atom. The van der Waals surface area contributed by atoms with Gasteiger partial charge in [0, 0.05) is 36.4 Å². The normalized spacial score (nSPS) is 17.3. The lowest BCUT2D eigenvalue weighted by molar-refractivity contribution is -0.124. The van der Waals surface area contributed by atoms with Crippen molar-refractivity contribution in [2.24, 2.45) is 11.7 Å². The lowest BCUT2D eigenvalue weighted by atomic mass is 9.83. The van der Waals surface area contributed by atoms with Gasteiger partial charge in [0.05, 0.1) is 6.10 Å². The molecule has 0 atom stereocenters. The third-order valence-corrected chi connectivity index (χ3v) is 7.11. The number of fused-ring (bicyclic) bond motifs is 1. The van der Waals surface area contributed by atoms with Gasteiger partial charge in [-0.15, -0.1) is 0 Å². The molecule has 0 heterocycles. The summed E-state index contributed by atoms with van der Waals surface area (Å²) in [4.78, 5) is 37.3. The third-order valence-electron chi connectivity index (χ3n) is 7.11. The van der Waals surface area contributed by atoms with E-state index in [0.29, 0.717) is 49.3 Å². The fraction of sp³-hybridized carbons (Fsp3) is 0.387. The van der Waals surface area contributed by atoms with Crippen molar-refractivity contribution in [2.75, 3.05) is 13.1 Å². The molecule has 1 aliphatic carbocycles. The van der Waals surface area contributed by atoms with Crippen LogP contribution < -0.4 is 15.8 Å². The summed E-state index contributed by atoms with van der Waals surface area (Å²) in [5.41, 5.74) is 6.77. The highest BCUT2D eigenvalue weighted by Gasteiger charge is 2.26. The van der Waals surface area contributed by atoms with Crippen molar-refractivity contribution < 1.29 is 19.1 Å². The lowest BCUT2D eigenvalue weighted by Crippen LogP contribution is -2.28. The zero-order chi connectivity index (χ0) is 26.0. The van der Waals surface area contributed by atoms with Gasteiger partial charge in [-0.2, -0.15) is 0 Å². The van der Waals surface area contributed by atoms with Crippen molar-refractivity contribution in [2.45, 2.75) is 57.5 Å². The molecule has 6 nitrogen and oxygen atoms in total. The molecule has 3 N–H and O–H groups in total. The topological polar surface area (TPSA) is 98.5 Å². The van der Waals surface area contributed by atoms with E-state index < -0.39 is 0 Å². The first-order valence-corrected chi connectivity index (χ1v) is 13.3. The van der Waals surface area contributed by atoms with Crippen LogP contribution in [0, 0.1) is 5.92 Å². The second-order valence-corrected chi connectivity index (χ2v) is 9.82. The SMILES string of the molecule is NCCCC(=O)C1CCC(Oc2ccc(C(=O)CCCNC(=O)c3ccc4ccccc4c3)cc2)CC1. The van der Waals surface area contributed by atoms with Crippen LogP contribution in [0.15, 0.2) is 66.7 Å². The van der Waals surface area contributed by atoms with Crippen molar-refractivity contribution in [1.82, 2.24) is 5.32 Å². The zero-order valence-electron chi connectivity index (χ0n) is 21.3. The molecular formula is C31H36N2O4. The van der Waals surface area contributed by atoms with Gasteiger partial charge in [0.1, 0.15) is 11.5 Å². The van der Waals surface area contributed by atoms with E-state index in [1.54, 1.807) is 12.1 Å². The maximum atomic E-state index is 12.6. The van der Waals surface area contributed by atoms with Crippen LogP contribution in [0.5, 0.6) is 5.75 Å². The highest BCUT2D eigenvalue weighted by atomic mass is 16.5. The van der Waals surface area contributed by atoms with Gasteiger partial charge in [-0.3, -0.25) is 14.4 Å². The number of Topliss-reactive ketones (excluding diaryl/α,β-unsaturated/α-hetero) is 2. The Bertz CT molecular complexity index is 1210. The van der Waals surface area contributed by atoms with E-state index in [-0.39, 0.29) is 23.7 Å². The molecule has 0 aromatic heterocycles. The van der Waals surface area contributed by atoms with Gasteiger partial charge in [0.15, 0.2) is 5.78 Å². The standard InChI is InChI=1S/C31H36N2O4/c32-19-3-7-29(34)23-11-15-27(16-12-23)37-28-17-13-24(14-18-28)30(35)8-4-20-33-31(36)26-10-9-22-5-1-2-6-25(22)21-26/h1-2,5-6,9-10,13-14,17-18,21,23,27H,3-4,7-8,11-12,15-16,19-20,32H2,(H,33,36). The van der Waals surface area contributed by atoms with Gasteiger partial charge in [-0.25, -0.2) is 0 Å². The summed E-state index contributed by atoms with van der Waals surface area (Å²) in [5, 5.41) is 5.03. The molecule has 0 saturated heterocycles. The van der Waals surface area contributed by atoms with Gasteiger partial charge in [-0.05, 0) is 92.2 Å². The molecule has 1 aliphatic rings. The first-order valence-electron chi connectivity index (χ1n) is 13.3. The Morgan fingerprint density at radius 3 is 2.24 bits per heavy atom. The highest BCUT2D eigenvalue weighted by molar-refractivity contribution is 5.99. The average Bonchev–Trinajstić information content (AvgIpc) is 2.94. The molecule has 3 aromatic carbocycles. The minimum Gasteiger partial charge on any atom is -0.490 e. The predicted octanol–water partition coefficient (Wildman–Crippen LogP) is 5.48. The number of ether oxygens (including phenoxy) is 1. The summed E-state index contributed by atoms with van der Waals surface area (Å²) < 4.78 is 6.10. The number of carbonyl (C=O) groups is 3. The number of nitrogens with two attached hydrogens (primary N) is 1. The number of amides is 1. The number of hydrogen-bond donors (Lipinski definition) is 2. The monoisotopic (exact) mass is 500 g/mol. The quantitative estimate of drug-likeness (QED) is 0.254. The largest absolute Gasteiger partial charge is 0.490 e. The van der Waals surface area contributed by atoms with E-state index in [1.165, 1.54) is 0 Å². The van der Waals surface area contributed by atoms with Gasteiger partial charge >= 0.3 is 0 Å². The molecule has 3 aromatic rings. The third kappa shape index (κ3) is 7.49. The molecule has 1 fully saturated rings. The van der Waals surface area contributed by atoms with E-state index >= 15 is 0 Å². The van der Waals surface area contributed by atoms with Crippen LogP contribution in [0.3, 0.4) is 0 Å². The summed E-state index contributed by atoms with van der Waals surface area (Å²) in [6.45, 7) is 1.00. The van der Waals surface area contributed by atoms with Crippen LogP contribution in [0.1, 0.15) is 72.1 Å². The molecule has 37 heavy (non-hydrogen) atoms. The number of rotatable bonds is 12. The Balaban J connectivity index is 1.16. The Labute approximate surface area is 218 Å². The predicted molar refractivity (Wildman–Crippen MR) is 146 cm³/mol. The molecule has 0 aliphatic heterocycles. The number of benzene rings is 3. The van der Waals surface area contributed by atoms with Crippen LogP contribution in [0.4, 0.5) is 0 Å². The van der Waals surface area contributed by atoms with Gasteiger partial charge < -0.3 is 15.8 Å². The highest BCUT2D eigenvalue weighted by Crippen LogP contribution is 2.29. The molecular weight excluding hydrogens is 464 g/mol. The number of carbonyl (C=O) groups excluding carboxylic acids is 3. The maximum Gasteiger partial charge on any atom is 0.251 e. The van der Waals surface area contributed by atoms with E-state index in [4.69, 9.17) is 10.5 Å². The molecule has 1 saturated carbocycles. The molecule has 194 valence electrons. The minimum atomic E-state index is -0.131. The van der Waals surface area contributed by atoms with Crippen LogP contribution >= 0.6 is 0 Å². The maximum absolute atomic E-state index is 12.6. The van der Waals surface area contributed by atoms with Gasteiger partial charge in [0.2, 0.25) is 0 Å². The van der Waals surface area contributed by atoms with Crippen molar-refractivity contribution in [3.05, 3.63) is 77.9 Å². The fourth-order valence-electron chi connectivity index (χ4n) is 4.92. The smallest absolute Gasteiger partial charge is 0.251 e. The van der Waals surface area contributed by atoms with Gasteiger partial charge in [-0.1, -0.05) is 30.3 Å². The minimum absolute atomic E-state index is 0.0444. The van der Waals surface area contributed by atoms with Crippen LogP contribution in [0.2, 0.25) is 0 Å². The van der Waals surface area contributed by atoms with E-state index in [2.05, 4.69) is 5.32 Å². The summed E-state index contributed by atoms with van der Waals surface area (Å²) in [6, 6.07) is 20.9. The summed E-state index contributed by atoms with van der Waals surface area (Å²) >= 11 is 0. The Hall–Kier alpha value is -3.51. The second-order valence-electron chi connectivity index (χ2n) is 9.82. The van der Waals surface area contributed by atoms with Gasteiger partial charge in [0.25, 0.3) is 5.91 Å². The fourth-order valence-corrected chi connectivity index (χ4v) is 4.92. The van der Waals surface area contributed by atoms with E-state index in [9.17, 15) is 14.4 Å². The van der Waals surface area contributed by atoms with Crippen LogP contribution in [0.25, 0.3) is 10.8 Å². The molecule has 6 heteroatoms. The molecule has 0 radical (unpaired) electrons. The van der Waals surface area contributed by atoms with E-state index in [1.807, 2.05) is 54.6 Å². The number of hydrogen-bond acceptors (Lipinski definition) is 5. The molecule has 0 bridgehead atoms. The van der Waals surface area contributed by atoms with Crippen LogP contribution in [-0.2, 0) is 4.79 Å². The first-order chi connectivity index (χ1) is 18.0. The molecule has 0 unspecified atom stereocenters. The summed E-state index contributed by atoms with van der Waals surface area (Å²) in [6.07, 6.45) is 5.84. The molecule has 0 spiro atoms. The number of nitrogens with one attached hydrogen (secondary N) is 1. The summed E-state index contributed by atoms with van der Waals surface area (Å²) in [5.74, 6) is 1.14. The molecule has 4 rings (SSSR count). The zero-order valence-corrected chi connectivity index (χ0v) is 21.3. The average molecular weight is 501 g/mol. The Kier molecular flexibility index (Phi) is 9.44. The number of ketones is 2. The second kappa shape index (κ2) is 13.2. The first kappa shape index (κ1) is 26.6. The molecule has 1 amide bonds. The van der Waals surface area contributed by atoms with Crippen molar-refractivity contribution in [3.8, 4) is 5.75 Å². The van der Waals surface area contributed by atoms with Crippen molar-refractivity contribution in [3.63, 3.8) is 0 Å².